The molecular formula is C22H32ClN3O3. The number of fused-ring (bicyclic) bond motifs is 2. The van der Waals surface area contributed by atoms with Crippen molar-refractivity contribution in [2.75, 3.05) is 20.2 Å². The van der Waals surface area contributed by atoms with Gasteiger partial charge in [-0.15, -0.1) is 12.4 Å². The number of nitrogens with zero attached hydrogens (tertiary/aromatic N) is 1. The van der Waals surface area contributed by atoms with Gasteiger partial charge in [-0.3, -0.25) is 9.59 Å². The molecular weight excluding hydrogens is 390 g/mol. The van der Waals surface area contributed by atoms with E-state index in [0.29, 0.717) is 31.5 Å². The van der Waals surface area contributed by atoms with Crippen LogP contribution in [0.15, 0.2) is 24.3 Å². The summed E-state index contributed by atoms with van der Waals surface area (Å²) >= 11 is 0. The number of hydrogen-bond donors (Lipinski definition) is 2. The van der Waals surface area contributed by atoms with Crippen molar-refractivity contribution < 1.29 is 14.3 Å². The molecule has 4 rings (SSSR count). The first kappa shape index (κ1) is 21.9. The van der Waals surface area contributed by atoms with Gasteiger partial charge in [0.05, 0.1) is 13.0 Å². The summed E-state index contributed by atoms with van der Waals surface area (Å²) in [4.78, 5) is 27.5. The number of nitrogens with two attached hydrogens (primary N) is 1. The van der Waals surface area contributed by atoms with E-state index in [0.717, 1.165) is 37.0 Å². The lowest BCUT2D eigenvalue weighted by atomic mass is 9.83. The minimum Gasteiger partial charge on any atom is -0.497 e. The number of methoxy groups -OCH3 is 1. The molecule has 2 saturated carbocycles. The first-order valence-electron chi connectivity index (χ1n) is 10.5. The van der Waals surface area contributed by atoms with Crippen molar-refractivity contribution >= 4 is 24.2 Å². The van der Waals surface area contributed by atoms with Gasteiger partial charge in [0.25, 0.3) is 0 Å². The highest BCUT2D eigenvalue weighted by Crippen LogP contribution is 2.48. The molecule has 3 aliphatic rings. The van der Waals surface area contributed by atoms with E-state index in [1.165, 1.54) is 6.42 Å². The Hall–Kier alpha value is -1.79. The van der Waals surface area contributed by atoms with Crippen LogP contribution in [0.3, 0.4) is 0 Å². The number of nitrogens with one attached hydrogen (secondary N) is 1. The van der Waals surface area contributed by atoms with Crippen LogP contribution in [-0.2, 0) is 16.1 Å². The zero-order valence-electron chi connectivity index (χ0n) is 17.0. The van der Waals surface area contributed by atoms with Crippen LogP contribution in [0.25, 0.3) is 0 Å². The summed E-state index contributed by atoms with van der Waals surface area (Å²) in [7, 11) is 1.64. The lowest BCUT2D eigenvalue weighted by Gasteiger charge is -2.36. The number of amides is 2. The average molecular weight is 422 g/mol. The van der Waals surface area contributed by atoms with Crippen molar-refractivity contribution in [1.82, 2.24) is 10.2 Å². The standard InChI is InChI=1S/C22H31N3O3.ClH/c1-28-18-6-2-14(3-7-18)13-24-21(26)15-8-10-25(11-9-15)22(27)19-16-4-5-17(12-16)20(19)23;/h2-3,6-7,15-17,19-20H,4-5,8-13,23H2,1H3,(H,24,26);1H. The van der Waals surface area contributed by atoms with Crippen molar-refractivity contribution in [3.05, 3.63) is 29.8 Å². The Morgan fingerprint density at radius 2 is 1.76 bits per heavy atom. The largest absolute Gasteiger partial charge is 0.497 e. The normalized spacial score (nSPS) is 28.7. The molecule has 0 radical (unpaired) electrons. The highest BCUT2D eigenvalue weighted by Gasteiger charge is 2.50. The highest BCUT2D eigenvalue weighted by molar-refractivity contribution is 5.85. The first-order valence-corrected chi connectivity index (χ1v) is 10.5. The number of carbonyl (C=O) groups is 2. The average Bonchev–Trinajstić information content (AvgIpc) is 3.33. The molecule has 1 saturated heterocycles. The van der Waals surface area contributed by atoms with E-state index >= 15 is 0 Å². The van der Waals surface area contributed by atoms with Crippen LogP contribution in [0.5, 0.6) is 5.75 Å². The van der Waals surface area contributed by atoms with Crippen molar-refractivity contribution in [3.63, 3.8) is 0 Å². The SMILES string of the molecule is COc1ccc(CNC(=O)C2CCN(C(=O)C3C4CCC(C4)C3N)CC2)cc1.Cl. The van der Waals surface area contributed by atoms with Crippen LogP contribution in [0, 0.1) is 23.7 Å². The number of rotatable bonds is 5. The molecule has 2 aliphatic carbocycles. The minimum absolute atomic E-state index is 0. The second-order valence-electron chi connectivity index (χ2n) is 8.60. The van der Waals surface area contributed by atoms with Gasteiger partial charge < -0.3 is 20.7 Å². The minimum atomic E-state index is -0.0176. The van der Waals surface area contributed by atoms with Gasteiger partial charge in [0, 0.05) is 31.6 Å². The molecule has 29 heavy (non-hydrogen) atoms. The van der Waals surface area contributed by atoms with Gasteiger partial charge in [0.2, 0.25) is 11.8 Å². The number of ether oxygens (including phenoxy) is 1. The fraction of sp³-hybridized carbons (Fsp3) is 0.636. The van der Waals surface area contributed by atoms with Crippen molar-refractivity contribution in [2.24, 2.45) is 29.4 Å². The number of hydrogen-bond acceptors (Lipinski definition) is 4. The van der Waals surface area contributed by atoms with Crippen LogP contribution in [0.4, 0.5) is 0 Å². The molecule has 4 unspecified atom stereocenters. The summed E-state index contributed by atoms with van der Waals surface area (Å²) in [6, 6.07) is 7.74. The van der Waals surface area contributed by atoms with Gasteiger partial charge in [-0.05, 0) is 61.6 Å². The maximum Gasteiger partial charge on any atom is 0.227 e. The van der Waals surface area contributed by atoms with Crippen LogP contribution < -0.4 is 15.8 Å². The molecule has 3 fully saturated rings. The van der Waals surface area contributed by atoms with Gasteiger partial charge in [0.1, 0.15) is 5.75 Å². The molecule has 2 bridgehead atoms. The van der Waals surface area contributed by atoms with Crippen LogP contribution in [0.1, 0.15) is 37.7 Å². The number of piperidine rings is 1. The van der Waals surface area contributed by atoms with Crippen molar-refractivity contribution in [1.29, 1.82) is 0 Å². The summed E-state index contributed by atoms with van der Waals surface area (Å²) in [5.74, 6) is 2.15. The molecule has 6 nitrogen and oxygen atoms in total. The zero-order valence-corrected chi connectivity index (χ0v) is 17.8. The molecule has 3 N–H and O–H groups in total. The smallest absolute Gasteiger partial charge is 0.227 e. The molecule has 1 aromatic rings. The Kier molecular flexibility index (Phi) is 7.06. The topological polar surface area (TPSA) is 84.7 Å². The van der Waals surface area contributed by atoms with Gasteiger partial charge in [0.15, 0.2) is 0 Å². The zero-order chi connectivity index (χ0) is 19.7. The second kappa shape index (κ2) is 9.35. The summed E-state index contributed by atoms with van der Waals surface area (Å²) in [5.41, 5.74) is 7.39. The molecule has 1 aromatic carbocycles. The molecule has 7 heteroatoms. The predicted octanol–water partition coefficient (Wildman–Crippen LogP) is 2.35. The lowest BCUT2D eigenvalue weighted by molar-refractivity contribution is -0.141. The lowest BCUT2D eigenvalue weighted by Crippen LogP contribution is -2.50. The van der Waals surface area contributed by atoms with E-state index in [1.807, 2.05) is 29.2 Å². The fourth-order valence-electron chi connectivity index (χ4n) is 5.35. The number of halogens is 1. The third-order valence-corrected chi connectivity index (χ3v) is 7.07. The number of benzene rings is 1. The van der Waals surface area contributed by atoms with Gasteiger partial charge in [-0.2, -0.15) is 0 Å². The second-order valence-corrected chi connectivity index (χ2v) is 8.60. The highest BCUT2D eigenvalue weighted by atomic mass is 35.5. The third kappa shape index (κ3) is 4.53. The molecule has 2 amide bonds. The van der Waals surface area contributed by atoms with Gasteiger partial charge in [-0.25, -0.2) is 0 Å². The molecule has 0 aromatic heterocycles. The number of likely N-dealkylation sites (tertiary alicyclic amines) is 1. The molecule has 4 atom stereocenters. The Bertz CT molecular complexity index is 717. The van der Waals surface area contributed by atoms with E-state index in [1.54, 1.807) is 7.11 Å². The maximum atomic E-state index is 13.0. The Balaban J connectivity index is 0.00000240. The summed E-state index contributed by atoms with van der Waals surface area (Å²) < 4.78 is 5.15. The maximum absolute atomic E-state index is 13.0. The van der Waals surface area contributed by atoms with Crippen molar-refractivity contribution in [2.45, 2.75) is 44.7 Å². The van der Waals surface area contributed by atoms with E-state index in [-0.39, 0.29) is 42.1 Å². The Morgan fingerprint density at radius 1 is 1.10 bits per heavy atom. The fourth-order valence-corrected chi connectivity index (χ4v) is 5.35. The summed E-state index contributed by atoms with van der Waals surface area (Å²) in [6.45, 7) is 1.85. The Morgan fingerprint density at radius 3 is 2.34 bits per heavy atom. The third-order valence-electron chi connectivity index (χ3n) is 7.07. The van der Waals surface area contributed by atoms with E-state index in [4.69, 9.17) is 10.5 Å². The number of carbonyl (C=O) groups excluding carboxylic acids is 2. The predicted molar refractivity (Wildman–Crippen MR) is 114 cm³/mol. The monoisotopic (exact) mass is 421 g/mol. The van der Waals surface area contributed by atoms with Crippen LogP contribution in [0.2, 0.25) is 0 Å². The van der Waals surface area contributed by atoms with Gasteiger partial charge >= 0.3 is 0 Å². The molecule has 160 valence electrons. The van der Waals surface area contributed by atoms with Gasteiger partial charge in [-0.1, -0.05) is 12.1 Å². The van der Waals surface area contributed by atoms with Crippen LogP contribution >= 0.6 is 12.4 Å². The first-order chi connectivity index (χ1) is 13.6. The molecule has 1 heterocycles. The van der Waals surface area contributed by atoms with Crippen LogP contribution in [-0.4, -0.2) is 43.0 Å². The Labute approximate surface area is 178 Å². The summed E-state index contributed by atoms with van der Waals surface area (Å²) in [6.07, 6.45) is 4.93. The molecule has 0 spiro atoms. The summed E-state index contributed by atoms with van der Waals surface area (Å²) in [5, 5.41) is 3.03. The van der Waals surface area contributed by atoms with E-state index < -0.39 is 0 Å². The van der Waals surface area contributed by atoms with E-state index in [9.17, 15) is 9.59 Å². The van der Waals surface area contributed by atoms with Crippen molar-refractivity contribution in [3.8, 4) is 5.75 Å². The molecule has 1 aliphatic heterocycles. The van der Waals surface area contributed by atoms with E-state index in [2.05, 4.69) is 5.32 Å². The quantitative estimate of drug-likeness (QED) is 0.764.